The van der Waals surface area contributed by atoms with Crippen LogP contribution in [0.2, 0.25) is 0 Å². The van der Waals surface area contributed by atoms with Crippen molar-refractivity contribution in [1.82, 2.24) is 9.97 Å². The van der Waals surface area contributed by atoms with Gasteiger partial charge in [-0.1, -0.05) is 6.07 Å². The summed E-state index contributed by atoms with van der Waals surface area (Å²) in [7, 11) is 0. The maximum Gasteiger partial charge on any atom is 0.274 e. The Balaban J connectivity index is 1.69. The van der Waals surface area contributed by atoms with Crippen LogP contribution in [-0.4, -0.2) is 15.9 Å². The van der Waals surface area contributed by atoms with Crippen LogP contribution in [0.5, 0.6) is 0 Å². The van der Waals surface area contributed by atoms with Gasteiger partial charge in [0, 0.05) is 36.9 Å². The molecule has 1 amide bonds. The maximum atomic E-state index is 13.6. The van der Waals surface area contributed by atoms with E-state index in [1.54, 1.807) is 24.5 Å². The Hall–Kier alpha value is -3.35. The van der Waals surface area contributed by atoms with Crippen LogP contribution in [0.4, 0.5) is 20.2 Å². The van der Waals surface area contributed by atoms with E-state index in [9.17, 15) is 13.6 Å². The minimum Gasteiger partial charge on any atom is -0.381 e. The second kappa shape index (κ2) is 7.48. The lowest BCUT2D eigenvalue weighted by Crippen LogP contribution is -2.15. The van der Waals surface area contributed by atoms with E-state index in [2.05, 4.69) is 20.6 Å². The van der Waals surface area contributed by atoms with Crippen molar-refractivity contribution < 1.29 is 13.6 Å². The normalized spacial score (nSPS) is 10.3. The zero-order valence-electron chi connectivity index (χ0n) is 13.0. The number of nitrogens with one attached hydrogen (secondary N) is 2. The van der Waals surface area contributed by atoms with Gasteiger partial charge in [-0.2, -0.15) is 0 Å². The molecule has 5 nitrogen and oxygen atoms in total. The average Bonchev–Trinajstić information content (AvgIpc) is 2.63. The van der Waals surface area contributed by atoms with Crippen LogP contribution in [0.1, 0.15) is 16.1 Å². The van der Waals surface area contributed by atoms with Gasteiger partial charge in [-0.15, -0.1) is 0 Å². The van der Waals surface area contributed by atoms with E-state index in [1.807, 2.05) is 12.1 Å². The molecule has 3 aromatic rings. The molecule has 2 N–H and O–H groups in total. The highest BCUT2D eigenvalue weighted by molar-refractivity contribution is 6.03. The molecule has 7 heteroatoms. The van der Waals surface area contributed by atoms with Gasteiger partial charge in [0.05, 0.1) is 5.69 Å². The molecule has 0 aliphatic carbocycles. The fourth-order valence-electron chi connectivity index (χ4n) is 2.15. The standard InChI is InChI=1S/C18H14F2N4O/c19-13-3-4-16(15(20)8-13)24-18(25)17-9-14(5-7-22-17)23-11-12-2-1-6-21-10-12/h1-10H,11H2,(H,22,23)(H,24,25). The number of carbonyl (C=O) groups is 1. The molecular weight excluding hydrogens is 326 g/mol. The summed E-state index contributed by atoms with van der Waals surface area (Å²) in [6, 6.07) is 9.95. The molecule has 2 aromatic heterocycles. The van der Waals surface area contributed by atoms with Crippen LogP contribution in [0.15, 0.2) is 61.1 Å². The molecule has 0 bridgehead atoms. The first-order valence-electron chi connectivity index (χ1n) is 7.47. The number of aromatic nitrogens is 2. The molecule has 0 radical (unpaired) electrons. The van der Waals surface area contributed by atoms with Crippen molar-refractivity contribution in [2.24, 2.45) is 0 Å². The van der Waals surface area contributed by atoms with E-state index in [0.29, 0.717) is 18.3 Å². The van der Waals surface area contributed by atoms with Crippen LogP contribution in [0.3, 0.4) is 0 Å². The largest absolute Gasteiger partial charge is 0.381 e. The van der Waals surface area contributed by atoms with Crippen LogP contribution >= 0.6 is 0 Å². The van der Waals surface area contributed by atoms with Crippen LogP contribution in [-0.2, 0) is 6.54 Å². The summed E-state index contributed by atoms with van der Waals surface area (Å²) >= 11 is 0. The molecule has 0 spiro atoms. The number of benzene rings is 1. The Kier molecular flexibility index (Phi) is 4.94. The highest BCUT2D eigenvalue weighted by atomic mass is 19.1. The number of hydrogen-bond donors (Lipinski definition) is 2. The SMILES string of the molecule is O=C(Nc1ccc(F)cc1F)c1cc(NCc2cccnc2)ccn1. The van der Waals surface area contributed by atoms with Gasteiger partial charge < -0.3 is 10.6 Å². The first-order chi connectivity index (χ1) is 12.1. The minimum atomic E-state index is -0.848. The van der Waals surface area contributed by atoms with E-state index in [4.69, 9.17) is 0 Å². The number of rotatable bonds is 5. The monoisotopic (exact) mass is 340 g/mol. The molecule has 3 rings (SSSR count). The molecule has 0 atom stereocenters. The zero-order chi connectivity index (χ0) is 17.6. The highest BCUT2D eigenvalue weighted by Crippen LogP contribution is 2.17. The van der Waals surface area contributed by atoms with Crippen molar-refractivity contribution >= 4 is 17.3 Å². The van der Waals surface area contributed by atoms with Gasteiger partial charge in [-0.25, -0.2) is 8.78 Å². The second-order valence-corrected chi connectivity index (χ2v) is 5.22. The van der Waals surface area contributed by atoms with Crippen molar-refractivity contribution in [3.05, 3.63) is 83.9 Å². The smallest absolute Gasteiger partial charge is 0.274 e. The summed E-state index contributed by atoms with van der Waals surface area (Å²) in [5.41, 5.74) is 1.67. The summed E-state index contributed by atoms with van der Waals surface area (Å²) < 4.78 is 26.5. The third-order valence-corrected chi connectivity index (χ3v) is 3.39. The fourth-order valence-corrected chi connectivity index (χ4v) is 2.15. The predicted molar refractivity (Wildman–Crippen MR) is 90.1 cm³/mol. The quantitative estimate of drug-likeness (QED) is 0.744. The van der Waals surface area contributed by atoms with Gasteiger partial charge in [-0.3, -0.25) is 14.8 Å². The van der Waals surface area contributed by atoms with Gasteiger partial charge in [0.1, 0.15) is 17.3 Å². The Morgan fingerprint density at radius 3 is 2.72 bits per heavy atom. The van der Waals surface area contributed by atoms with Crippen molar-refractivity contribution in [2.75, 3.05) is 10.6 Å². The van der Waals surface area contributed by atoms with Gasteiger partial charge in [0.25, 0.3) is 5.91 Å². The third-order valence-electron chi connectivity index (χ3n) is 3.39. The van der Waals surface area contributed by atoms with Crippen molar-refractivity contribution in [3.8, 4) is 0 Å². The zero-order valence-corrected chi connectivity index (χ0v) is 13.0. The molecule has 0 aliphatic rings. The van der Waals surface area contributed by atoms with Crippen molar-refractivity contribution in [3.63, 3.8) is 0 Å². The van der Waals surface area contributed by atoms with Gasteiger partial charge in [-0.05, 0) is 35.9 Å². The summed E-state index contributed by atoms with van der Waals surface area (Å²) in [4.78, 5) is 20.2. The molecule has 1 aromatic carbocycles. The molecule has 0 unspecified atom stereocenters. The number of pyridine rings is 2. The van der Waals surface area contributed by atoms with Crippen molar-refractivity contribution in [2.45, 2.75) is 6.54 Å². The van der Waals surface area contributed by atoms with Crippen LogP contribution in [0.25, 0.3) is 0 Å². The lowest BCUT2D eigenvalue weighted by Gasteiger charge is -2.09. The maximum absolute atomic E-state index is 13.6. The molecule has 0 saturated carbocycles. The Labute approximate surface area is 142 Å². The summed E-state index contributed by atoms with van der Waals surface area (Å²) in [6.45, 7) is 0.533. The van der Waals surface area contributed by atoms with E-state index in [1.165, 1.54) is 6.20 Å². The number of carbonyl (C=O) groups excluding carboxylic acids is 1. The van der Waals surface area contributed by atoms with Gasteiger partial charge in [0.15, 0.2) is 0 Å². The molecule has 126 valence electrons. The third kappa shape index (κ3) is 4.35. The lowest BCUT2D eigenvalue weighted by atomic mass is 10.2. The van der Waals surface area contributed by atoms with E-state index in [-0.39, 0.29) is 11.4 Å². The van der Waals surface area contributed by atoms with E-state index < -0.39 is 17.5 Å². The Morgan fingerprint density at radius 2 is 1.96 bits per heavy atom. The minimum absolute atomic E-state index is 0.109. The Bertz CT molecular complexity index is 887. The number of anilines is 2. The van der Waals surface area contributed by atoms with E-state index >= 15 is 0 Å². The fraction of sp³-hybridized carbons (Fsp3) is 0.0556. The lowest BCUT2D eigenvalue weighted by molar-refractivity contribution is 0.102. The second-order valence-electron chi connectivity index (χ2n) is 5.22. The topological polar surface area (TPSA) is 66.9 Å². The molecule has 2 heterocycles. The summed E-state index contributed by atoms with van der Waals surface area (Å²) in [5, 5.41) is 5.53. The Morgan fingerprint density at radius 1 is 1.08 bits per heavy atom. The molecular formula is C18H14F2N4O. The average molecular weight is 340 g/mol. The number of halogens is 2. The van der Waals surface area contributed by atoms with Gasteiger partial charge >= 0.3 is 0 Å². The summed E-state index contributed by atoms with van der Waals surface area (Å²) in [5.74, 6) is -2.15. The number of nitrogens with zero attached hydrogens (tertiary/aromatic N) is 2. The summed E-state index contributed by atoms with van der Waals surface area (Å²) in [6.07, 6.45) is 4.90. The molecule has 0 saturated heterocycles. The predicted octanol–water partition coefficient (Wildman–Crippen LogP) is 3.62. The van der Waals surface area contributed by atoms with E-state index in [0.717, 1.165) is 17.7 Å². The highest BCUT2D eigenvalue weighted by Gasteiger charge is 2.12. The number of hydrogen-bond acceptors (Lipinski definition) is 4. The molecule has 0 fully saturated rings. The molecule has 25 heavy (non-hydrogen) atoms. The van der Waals surface area contributed by atoms with Crippen molar-refractivity contribution in [1.29, 1.82) is 0 Å². The number of amides is 1. The van der Waals surface area contributed by atoms with Crippen LogP contribution < -0.4 is 10.6 Å². The first-order valence-corrected chi connectivity index (χ1v) is 7.47. The first kappa shape index (κ1) is 16.5. The molecule has 0 aliphatic heterocycles. The van der Waals surface area contributed by atoms with Crippen LogP contribution in [0, 0.1) is 11.6 Å². The van der Waals surface area contributed by atoms with Gasteiger partial charge in [0.2, 0.25) is 0 Å².